The second-order valence-corrected chi connectivity index (χ2v) is 4.38. The molecule has 0 spiro atoms. The van der Waals surface area contributed by atoms with Gasteiger partial charge in [0.25, 0.3) is 0 Å². The summed E-state index contributed by atoms with van der Waals surface area (Å²) in [4.78, 5) is 15.1. The highest BCUT2D eigenvalue weighted by Crippen LogP contribution is 2.20. The van der Waals surface area contributed by atoms with Crippen molar-refractivity contribution in [2.24, 2.45) is 0 Å². The van der Waals surface area contributed by atoms with E-state index in [1.54, 1.807) is 6.20 Å². The van der Waals surface area contributed by atoms with Crippen molar-refractivity contribution in [2.45, 2.75) is 13.3 Å². The van der Waals surface area contributed by atoms with E-state index in [-0.39, 0.29) is 6.42 Å². The third-order valence-electron chi connectivity index (χ3n) is 3.04. The fourth-order valence-electron chi connectivity index (χ4n) is 2.29. The first-order chi connectivity index (χ1) is 8.65. The van der Waals surface area contributed by atoms with Crippen molar-refractivity contribution in [1.29, 1.82) is 0 Å². The second kappa shape index (κ2) is 3.84. The number of hydrogen-bond acceptors (Lipinski definition) is 2. The first-order valence-electron chi connectivity index (χ1n) is 5.73. The number of carboxylic acid groups (broad SMARTS) is 1. The lowest BCUT2D eigenvalue weighted by Gasteiger charge is -2.04. The Morgan fingerprint density at radius 3 is 2.94 bits per heavy atom. The Hall–Kier alpha value is -2.36. The van der Waals surface area contributed by atoms with E-state index in [0.717, 1.165) is 22.1 Å². The zero-order valence-corrected chi connectivity index (χ0v) is 9.92. The molecule has 4 nitrogen and oxygen atoms in total. The van der Waals surface area contributed by atoms with Crippen LogP contribution >= 0.6 is 0 Å². The van der Waals surface area contributed by atoms with Crippen LogP contribution in [0.4, 0.5) is 0 Å². The van der Waals surface area contributed by atoms with Crippen LogP contribution < -0.4 is 0 Å². The highest BCUT2D eigenvalue weighted by molar-refractivity contribution is 5.85. The van der Waals surface area contributed by atoms with Gasteiger partial charge in [-0.15, -0.1) is 0 Å². The van der Waals surface area contributed by atoms with Crippen LogP contribution in [0.15, 0.2) is 36.5 Å². The Balaban J connectivity index is 2.32. The van der Waals surface area contributed by atoms with Crippen molar-refractivity contribution in [3.63, 3.8) is 0 Å². The van der Waals surface area contributed by atoms with Crippen LogP contribution in [-0.4, -0.2) is 20.5 Å². The summed E-state index contributed by atoms with van der Waals surface area (Å²) in [6, 6.07) is 10.0. The number of aryl methyl sites for hydroxylation is 1. The van der Waals surface area contributed by atoms with Gasteiger partial charge in [0.2, 0.25) is 0 Å². The Morgan fingerprint density at radius 1 is 1.33 bits per heavy atom. The minimum atomic E-state index is -0.862. The molecule has 0 aliphatic heterocycles. The summed E-state index contributed by atoms with van der Waals surface area (Å²) >= 11 is 0. The van der Waals surface area contributed by atoms with Crippen LogP contribution in [0.25, 0.3) is 16.6 Å². The molecule has 0 aliphatic rings. The van der Waals surface area contributed by atoms with Gasteiger partial charge >= 0.3 is 5.97 Å². The first-order valence-corrected chi connectivity index (χ1v) is 5.73. The minimum absolute atomic E-state index is 0.0466. The zero-order valence-electron chi connectivity index (χ0n) is 9.92. The van der Waals surface area contributed by atoms with Gasteiger partial charge in [-0.3, -0.25) is 9.20 Å². The molecule has 3 aromatic rings. The molecular weight excluding hydrogens is 228 g/mol. The van der Waals surface area contributed by atoms with Crippen LogP contribution in [0.5, 0.6) is 0 Å². The molecule has 90 valence electrons. The van der Waals surface area contributed by atoms with E-state index in [9.17, 15) is 4.79 Å². The molecule has 0 saturated heterocycles. The van der Waals surface area contributed by atoms with Crippen molar-refractivity contribution >= 4 is 22.5 Å². The fraction of sp³-hybridized carbons (Fsp3) is 0.143. The maximum Gasteiger partial charge on any atom is 0.309 e. The number of pyridine rings is 1. The molecule has 2 heterocycles. The molecule has 2 aromatic heterocycles. The molecule has 4 heteroatoms. The van der Waals surface area contributed by atoms with E-state index < -0.39 is 5.97 Å². The normalized spacial score (nSPS) is 11.2. The summed E-state index contributed by atoms with van der Waals surface area (Å²) in [7, 11) is 0. The quantitative estimate of drug-likeness (QED) is 0.748. The maximum absolute atomic E-state index is 10.7. The zero-order chi connectivity index (χ0) is 12.7. The highest BCUT2D eigenvalue weighted by Gasteiger charge is 2.08. The molecule has 3 rings (SSSR count). The van der Waals surface area contributed by atoms with Crippen molar-refractivity contribution in [3.8, 4) is 0 Å². The number of nitrogens with zero attached hydrogens (tertiary/aromatic N) is 2. The average molecular weight is 240 g/mol. The van der Waals surface area contributed by atoms with Crippen molar-refractivity contribution in [1.82, 2.24) is 9.38 Å². The largest absolute Gasteiger partial charge is 0.481 e. The molecule has 1 N–H and O–H groups in total. The van der Waals surface area contributed by atoms with Crippen molar-refractivity contribution < 1.29 is 9.90 Å². The van der Waals surface area contributed by atoms with E-state index in [4.69, 9.17) is 5.11 Å². The molecular formula is C14H12N2O2. The third-order valence-corrected chi connectivity index (χ3v) is 3.04. The van der Waals surface area contributed by atoms with Gasteiger partial charge < -0.3 is 5.11 Å². The summed E-state index contributed by atoms with van der Waals surface area (Å²) in [5.41, 5.74) is 3.60. The average Bonchev–Trinajstić information content (AvgIpc) is 2.70. The lowest BCUT2D eigenvalue weighted by Crippen LogP contribution is -1.99. The van der Waals surface area contributed by atoms with Gasteiger partial charge in [0, 0.05) is 6.20 Å². The lowest BCUT2D eigenvalue weighted by molar-refractivity contribution is -0.136. The van der Waals surface area contributed by atoms with Gasteiger partial charge in [-0.25, -0.2) is 4.98 Å². The van der Waals surface area contributed by atoms with Gasteiger partial charge in [-0.1, -0.05) is 18.2 Å². The van der Waals surface area contributed by atoms with E-state index in [0.29, 0.717) is 5.69 Å². The van der Waals surface area contributed by atoms with Crippen LogP contribution in [0.1, 0.15) is 11.3 Å². The monoisotopic (exact) mass is 240 g/mol. The number of carboxylic acids is 1. The van der Waals surface area contributed by atoms with Gasteiger partial charge in [0.15, 0.2) is 0 Å². The van der Waals surface area contributed by atoms with E-state index in [1.807, 2.05) is 41.7 Å². The molecule has 0 fully saturated rings. The SMILES string of the molecule is Cc1cccc2ccc3nc(CC(=O)O)cn3c12. The number of imidazole rings is 1. The Kier molecular flexibility index (Phi) is 2.30. The Labute approximate surface area is 104 Å². The summed E-state index contributed by atoms with van der Waals surface area (Å²) in [5.74, 6) is -0.862. The number of carbonyl (C=O) groups is 1. The fourth-order valence-corrected chi connectivity index (χ4v) is 2.29. The van der Waals surface area contributed by atoms with Gasteiger partial charge in [0.05, 0.1) is 17.6 Å². The highest BCUT2D eigenvalue weighted by atomic mass is 16.4. The number of fused-ring (bicyclic) bond motifs is 3. The predicted molar refractivity (Wildman–Crippen MR) is 68.8 cm³/mol. The maximum atomic E-state index is 10.7. The Bertz CT molecular complexity index is 759. The summed E-state index contributed by atoms with van der Waals surface area (Å²) in [5, 5.41) is 9.94. The van der Waals surface area contributed by atoms with Crippen LogP contribution in [0, 0.1) is 6.92 Å². The van der Waals surface area contributed by atoms with Crippen LogP contribution in [0.2, 0.25) is 0 Å². The molecule has 0 atom stereocenters. The smallest absolute Gasteiger partial charge is 0.309 e. The number of aliphatic carboxylic acids is 1. The molecule has 1 aromatic carbocycles. The molecule has 0 aliphatic carbocycles. The molecule has 0 bridgehead atoms. The first kappa shape index (κ1) is 10.8. The van der Waals surface area contributed by atoms with Gasteiger partial charge in [0.1, 0.15) is 5.65 Å². The number of aromatic nitrogens is 2. The van der Waals surface area contributed by atoms with Gasteiger partial charge in [-0.05, 0) is 30.0 Å². The molecule has 0 saturated carbocycles. The standard InChI is InChI=1S/C14H12N2O2/c1-9-3-2-4-10-5-6-12-15-11(7-13(17)18)8-16(12)14(9)10/h2-6,8H,7H2,1H3,(H,17,18). The van der Waals surface area contributed by atoms with E-state index >= 15 is 0 Å². The Morgan fingerprint density at radius 2 is 2.17 bits per heavy atom. The van der Waals surface area contributed by atoms with E-state index in [2.05, 4.69) is 4.98 Å². The molecule has 0 radical (unpaired) electrons. The number of hydrogen-bond donors (Lipinski definition) is 1. The van der Waals surface area contributed by atoms with Gasteiger partial charge in [-0.2, -0.15) is 0 Å². The van der Waals surface area contributed by atoms with E-state index in [1.165, 1.54) is 0 Å². The third kappa shape index (κ3) is 1.62. The summed E-state index contributed by atoms with van der Waals surface area (Å²) in [6.45, 7) is 2.04. The topological polar surface area (TPSA) is 54.6 Å². The number of rotatable bonds is 2. The predicted octanol–water partition coefficient (Wildman–Crippen LogP) is 2.42. The van der Waals surface area contributed by atoms with Crippen LogP contribution in [-0.2, 0) is 11.2 Å². The minimum Gasteiger partial charge on any atom is -0.481 e. The number of para-hydroxylation sites is 1. The van der Waals surface area contributed by atoms with Crippen molar-refractivity contribution in [2.75, 3.05) is 0 Å². The number of benzene rings is 1. The van der Waals surface area contributed by atoms with Crippen molar-refractivity contribution in [3.05, 3.63) is 47.8 Å². The second-order valence-electron chi connectivity index (χ2n) is 4.38. The van der Waals surface area contributed by atoms with Crippen LogP contribution in [0.3, 0.4) is 0 Å². The lowest BCUT2D eigenvalue weighted by atomic mass is 10.1. The molecule has 18 heavy (non-hydrogen) atoms. The molecule has 0 amide bonds. The molecule has 0 unspecified atom stereocenters. The summed E-state index contributed by atoms with van der Waals surface area (Å²) < 4.78 is 1.96. The summed E-state index contributed by atoms with van der Waals surface area (Å²) in [6.07, 6.45) is 1.76.